The third-order valence-corrected chi connectivity index (χ3v) is 5.03. The molecular formula is C17H20ClN5O2. The number of hydrogen-bond acceptors (Lipinski definition) is 3. The first-order chi connectivity index (χ1) is 11.9. The summed E-state index contributed by atoms with van der Waals surface area (Å²) in [5.74, 6) is 1.35. The molecule has 1 fully saturated rings. The number of halogens is 1. The SMILES string of the molecule is C/C=C\C(Cl)=C(/C)CN1C(=O)N(C)c2nc3[nH]c(C)cn3c2C2OC21. The summed E-state index contributed by atoms with van der Waals surface area (Å²) >= 11 is 6.27. The van der Waals surface area contributed by atoms with Crippen LogP contribution in [-0.4, -0.2) is 45.1 Å². The summed E-state index contributed by atoms with van der Waals surface area (Å²) in [5.41, 5.74) is 2.83. The minimum absolute atomic E-state index is 0.145. The number of nitrogens with one attached hydrogen (secondary N) is 1. The number of carbonyl (C=O) groups is 1. The number of fused-ring (bicyclic) bond motifs is 5. The van der Waals surface area contributed by atoms with Crippen LogP contribution in [-0.2, 0) is 4.74 Å². The Labute approximate surface area is 150 Å². The maximum absolute atomic E-state index is 13.0. The molecular weight excluding hydrogens is 342 g/mol. The standard InChI is InChI=1S/C17H20ClN5O2/c1-5-6-11(18)9(2)7-23-15-13(25-15)12-14(21(4)17(23)24)20-16-19-10(3)8-22(12)16/h5-6,8,13,15H,7H2,1-4H3,(H,19,20)/b6-5-,11-9-. The molecule has 2 amide bonds. The summed E-state index contributed by atoms with van der Waals surface area (Å²) in [5, 5.41) is 0.641. The smallest absolute Gasteiger partial charge is 0.327 e. The van der Waals surface area contributed by atoms with Gasteiger partial charge in [-0.2, -0.15) is 4.98 Å². The van der Waals surface area contributed by atoms with Gasteiger partial charge in [0.2, 0.25) is 5.78 Å². The minimum Gasteiger partial charge on any atom is -0.341 e. The van der Waals surface area contributed by atoms with Crippen molar-refractivity contribution in [2.45, 2.75) is 33.1 Å². The average molecular weight is 362 g/mol. The van der Waals surface area contributed by atoms with Crippen LogP contribution < -0.4 is 4.90 Å². The van der Waals surface area contributed by atoms with E-state index in [1.54, 1.807) is 16.8 Å². The number of aryl methyl sites for hydroxylation is 1. The van der Waals surface area contributed by atoms with Crippen LogP contribution in [0.1, 0.15) is 31.3 Å². The predicted octanol–water partition coefficient (Wildman–Crippen LogP) is 3.33. The monoisotopic (exact) mass is 361 g/mol. The molecule has 2 unspecified atom stereocenters. The number of anilines is 1. The van der Waals surface area contributed by atoms with Gasteiger partial charge < -0.3 is 9.72 Å². The minimum atomic E-state index is -0.295. The molecule has 7 nitrogen and oxygen atoms in total. The molecule has 0 aromatic carbocycles. The van der Waals surface area contributed by atoms with Crippen molar-refractivity contribution in [1.82, 2.24) is 19.3 Å². The number of rotatable bonds is 3. The molecule has 4 rings (SSSR count). The topological polar surface area (TPSA) is 69.2 Å². The second kappa shape index (κ2) is 5.64. The van der Waals surface area contributed by atoms with Crippen LogP contribution in [0.25, 0.3) is 5.78 Å². The van der Waals surface area contributed by atoms with Gasteiger partial charge in [-0.15, -0.1) is 0 Å². The highest BCUT2D eigenvalue weighted by molar-refractivity contribution is 6.31. The molecule has 0 bridgehead atoms. The van der Waals surface area contributed by atoms with E-state index >= 15 is 0 Å². The zero-order chi connectivity index (χ0) is 17.9. The molecule has 2 atom stereocenters. The molecule has 1 N–H and O–H groups in total. The van der Waals surface area contributed by atoms with Crippen molar-refractivity contribution >= 4 is 29.2 Å². The molecule has 0 radical (unpaired) electrons. The van der Waals surface area contributed by atoms with Gasteiger partial charge in [0.25, 0.3) is 0 Å². The number of aromatic nitrogens is 3. The molecule has 1 saturated heterocycles. The predicted molar refractivity (Wildman–Crippen MR) is 95.8 cm³/mol. The molecule has 2 aromatic rings. The van der Waals surface area contributed by atoms with Crippen molar-refractivity contribution in [1.29, 1.82) is 0 Å². The zero-order valence-corrected chi connectivity index (χ0v) is 15.3. The summed E-state index contributed by atoms with van der Waals surface area (Å²) in [6.07, 6.45) is 5.20. The Bertz CT molecular complexity index is 925. The number of imidazole rings is 2. The van der Waals surface area contributed by atoms with Gasteiger partial charge in [0, 0.05) is 30.5 Å². The quantitative estimate of drug-likeness (QED) is 0.673. The van der Waals surface area contributed by atoms with Crippen LogP contribution in [0, 0.1) is 6.92 Å². The van der Waals surface area contributed by atoms with Crippen molar-refractivity contribution in [2.75, 3.05) is 18.5 Å². The third-order valence-electron chi connectivity index (χ3n) is 4.58. The van der Waals surface area contributed by atoms with Gasteiger partial charge in [-0.05, 0) is 32.4 Å². The summed E-state index contributed by atoms with van der Waals surface area (Å²) in [6.45, 7) is 6.22. The molecule has 2 aliphatic rings. The summed E-state index contributed by atoms with van der Waals surface area (Å²) in [4.78, 5) is 24.0. The van der Waals surface area contributed by atoms with Crippen molar-refractivity contribution in [2.24, 2.45) is 0 Å². The van der Waals surface area contributed by atoms with E-state index in [0.29, 0.717) is 17.4 Å². The Hall–Kier alpha value is -2.25. The van der Waals surface area contributed by atoms with Gasteiger partial charge in [-0.25, -0.2) is 4.79 Å². The van der Waals surface area contributed by atoms with E-state index in [4.69, 9.17) is 16.3 Å². The van der Waals surface area contributed by atoms with E-state index in [2.05, 4.69) is 9.97 Å². The van der Waals surface area contributed by atoms with Crippen LogP contribution >= 0.6 is 11.6 Å². The van der Waals surface area contributed by atoms with Crippen molar-refractivity contribution in [3.05, 3.63) is 40.3 Å². The maximum Gasteiger partial charge on any atom is 0.327 e. The number of H-pyrrole nitrogens is 1. The Morgan fingerprint density at radius 2 is 2.28 bits per heavy atom. The zero-order valence-electron chi connectivity index (χ0n) is 14.6. The molecule has 2 aromatic heterocycles. The number of amides is 2. The van der Waals surface area contributed by atoms with E-state index < -0.39 is 0 Å². The lowest BCUT2D eigenvalue weighted by Gasteiger charge is -2.25. The lowest BCUT2D eigenvalue weighted by Crippen LogP contribution is -2.43. The summed E-state index contributed by atoms with van der Waals surface area (Å²) in [6, 6.07) is -0.145. The fourth-order valence-electron chi connectivity index (χ4n) is 3.28. The molecule has 0 spiro atoms. The molecule has 0 aliphatic carbocycles. The van der Waals surface area contributed by atoms with Gasteiger partial charge in [-0.3, -0.25) is 14.2 Å². The Morgan fingerprint density at radius 1 is 1.52 bits per heavy atom. The first-order valence-electron chi connectivity index (χ1n) is 8.17. The van der Waals surface area contributed by atoms with E-state index in [-0.39, 0.29) is 18.4 Å². The Kier molecular flexibility index (Phi) is 3.66. The Balaban J connectivity index is 1.72. The first-order valence-corrected chi connectivity index (χ1v) is 8.55. The normalized spacial score (nSPS) is 23.8. The van der Waals surface area contributed by atoms with Gasteiger partial charge in [-0.1, -0.05) is 17.7 Å². The largest absolute Gasteiger partial charge is 0.341 e. The van der Waals surface area contributed by atoms with Gasteiger partial charge in [0.15, 0.2) is 12.0 Å². The average Bonchev–Trinajstić information content (AvgIpc) is 3.15. The highest BCUT2D eigenvalue weighted by Crippen LogP contribution is 2.48. The number of ether oxygens (including phenoxy) is 1. The first kappa shape index (κ1) is 16.2. The van der Waals surface area contributed by atoms with Crippen LogP contribution in [0.4, 0.5) is 10.6 Å². The third kappa shape index (κ3) is 2.46. The van der Waals surface area contributed by atoms with Crippen LogP contribution in [0.3, 0.4) is 0 Å². The molecule has 2 aliphatic heterocycles. The van der Waals surface area contributed by atoms with Gasteiger partial charge in [0.05, 0.1) is 0 Å². The number of aromatic amines is 1. The summed E-state index contributed by atoms with van der Waals surface area (Å²) < 4.78 is 7.82. The van der Waals surface area contributed by atoms with Crippen molar-refractivity contribution in [3.63, 3.8) is 0 Å². The highest BCUT2D eigenvalue weighted by atomic mass is 35.5. The van der Waals surface area contributed by atoms with Crippen LogP contribution in [0.2, 0.25) is 0 Å². The fraction of sp³-hybridized carbons (Fsp3) is 0.412. The molecule has 132 valence electrons. The number of epoxide rings is 1. The molecule has 25 heavy (non-hydrogen) atoms. The van der Waals surface area contributed by atoms with Crippen LogP contribution in [0.15, 0.2) is 29.0 Å². The Morgan fingerprint density at radius 3 is 3.00 bits per heavy atom. The molecule has 0 saturated carbocycles. The second-order valence-corrected chi connectivity index (χ2v) is 6.90. The summed E-state index contributed by atoms with van der Waals surface area (Å²) in [7, 11) is 1.74. The number of allylic oxidation sites excluding steroid dienone is 3. The molecule has 4 heterocycles. The van der Waals surface area contributed by atoms with Crippen molar-refractivity contribution in [3.8, 4) is 0 Å². The number of carbonyl (C=O) groups excluding carboxylic acids is 1. The number of nitrogens with zero attached hydrogens (tertiary/aromatic N) is 4. The van der Waals surface area contributed by atoms with Crippen molar-refractivity contribution < 1.29 is 9.53 Å². The lowest BCUT2D eigenvalue weighted by atomic mass is 10.2. The number of urea groups is 1. The van der Waals surface area contributed by atoms with Crippen LogP contribution in [0.5, 0.6) is 0 Å². The number of hydrogen-bond donors (Lipinski definition) is 1. The lowest BCUT2D eigenvalue weighted by molar-refractivity contribution is 0.178. The van der Waals surface area contributed by atoms with Gasteiger partial charge in [0.1, 0.15) is 11.8 Å². The van der Waals surface area contributed by atoms with E-state index in [1.807, 2.05) is 43.5 Å². The second-order valence-electron chi connectivity index (χ2n) is 6.50. The van der Waals surface area contributed by atoms with E-state index in [1.165, 1.54) is 0 Å². The van der Waals surface area contributed by atoms with Gasteiger partial charge >= 0.3 is 6.03 Å². The highest BCUT2D eigenvalue weighted by Gasteiger charge is 2.54. The molecule has 8 heteroatoms. The maximum atomic E-state index is 13.0. The van der Waals surface area contributed by atoms with E-state index in [0.717, 1.165) is 22.7 Å². The van der Waals surface area contributed by atoms with E-state index in [9.17, 15) is 4.79 Å². The fourth-order valence-corrected chi connectivity index (χ4v) is 3.46.